The fraction of sp³-hybridized carbons (Fsp3) is 0.250. The van der Waals surface area contributed by atoms with Gasteiger partial charge < -0.3 is 10.1 Å². The second-order valence-electron chi connectivity index (χ2n) is 6.49. The van der Waals surface area contributed by atoms with Crippen LogP contribution in [0.15, 0.2) is 58.1 Å². The number of ether oxygens (including phenoxy) is 1. The molecule has 3 aromatic rings. The zero-order valence-corrected chi connectivity index (χ0v) is 14.6. The van der Waals surface area contributed by atoms with Crippen molar-refractivity contribution in [1.82, 2.24) is 15.1 Å². The van der Waals surface area contributed by atoms with E-state index in [1.165, 1.54) is 4.68 Å². The number of aromatic nitrogens is 2. The fourth-order valence-corrected chi connectivity index (χ4v) is 3.32. The zero-order valence-electron chi connectivity index (χ0n) is 14.6. The molecule has 1 amide bonds. The summed E-state index contributed by atoms with van der Waals surface area (Å²) in [6.07, 6.45) is 0.841. The number of hydrogen-bond donors (Lipinski definition) is 2. The van der Waals surface area contributed by atoms with Gasteiger partial charge in [0.05, 0.1) is 17.3 Å². The molecule has 0 aliphatic carbocycles. The van der Waals surface area contributed by atoms with Crippen molar-refractivity contribution in [3.05, 3.63) is 74.8 Å². The predicted molar refractivity (Wildman–Crippen MR) is 101 cm³/mol. The average molecular weight is 365 g/mol. The first-order chi connectivity index (χ1) is 13.1. The van der Waals surface area contributed by atoms with E-state index in [-0.39, 0.29) is 30.1 Å². The molecule has 2 heterocycles. The molecule has 2 aromatic carbocycles. The van der Waals surface area contributed by atoms with Crippen molar-refractivity contribution in [2.45, 2.75) is 25.5 Å². The highest BCUT2D eigenvalue weighted by Gasteiger charge is 2.25. The smallest absolute Gasteiger partial charge is 0.273 e. The summed E-state index contributed by atoms with van der Waals surface area (Å²) < 4.78 is 6.98. The first-order valence-corrected chi connectivity index (χ1v) is 8.87. The van der Waals surface area contributed by atoms with Crippen molar-refractivity contribution in [2.75, 3.05) is 6.54 Å². The molecule has 7 heteroatoms. The predicted octanol–water partition coefficient (Wildman–Crippen LogP) is 1.20. The molecule has 0 saturated heterocycles. The lowest BCUT2D eigenvalue weighted by Gasteiger charge is -2.25. The third-order valence-electron chi connectivity index (χ3n) is 4.73. The van der Waals surface area contributed by atoms with Gasteiger partial charge in [0, 0.05) is 6.54 Å². The Morgan fingerprint density at radius 3 is 2.70 bits per heavy atom. The van der Waals surface area contributed by atoms with E-state index < -0.39 is 6.10 Å². The molecule has 0 saturated carbocycles. The summed E-state index contributed by atoms with van der Waals surface area (Å²) in [5.41, 5.74) is 0.480. The molecule has 0 unspecified atom stereocenters. The van der Waals surface area contributed by atoms with E-state index in [0.29, 0.717) is 17.2 Å². The minimum Gasteiger partial charge on any atom is -0.480 e. The van der Waals surface area contributed by atoms with E-state index in [2.05, 4.69) is 10.4 Å². The van der Waals surface area contributed by atoms with Crippen LogP contribution in [0.25, 0.3) is 10.8 Å². The quantitative estimate of drug-likeness (QED) is 0.727. The molecular formula is C20H19N3O4. The van der Waals surface area contributed by atoms with E-state index in [4.69, 9.17) is 4.74 Å². The van der Waals surface area contributed by atoms with Gasteiger partial charge >= 0.3 is 0 Å². The minimum absolute atomic E-state index is 0.175. The summed E-state index contributed by atoms with van der Waals surface area (Å²) in [4.78, 5) is 36.9. The Labute approximate surface area is 154 Å². The maximum atomic E-state index is 12.5. The van der Waals surface area contributed by atoms with Crippen molar-refractivity contribution in [3.8, 4) is 5.75 Å². The topological polar surface area (TPSA) is 93.2 Å². The van der Waals surface area contributed by atoms with Crippen LogP contribution in [-0.2, 0) is 17.8 Å². The van der Waals surface area contributed by atoms with Crippen molar-refractivity contribution in [2.24, 2.45) is 0 Å². The van der Waals surface area contributed by atoms with Crippen LogP contribution in [0.5, 0.6) is 5.75 Å². The van der Waals surface area contributed by atoms with Gasteiger partial charge in [-0.25, -0.2) is 4.68 Å². The highest BCUT2D eigenvalue weighted by Crippen LogP contribution is 2.26. The molecular weight excluding hydrogens is 346 g/mol. The van der Waals surface area contributed by atoms with Crippen LogP contribution in [0.4, 0.5) is 0 Å². The third-order valence-corrected chi connectivity index (χ3v) is 4.73. The van der Waals surface area contributed by atoms with Crippen LogP contribution < -0.4 is 21.2 Å². The van der Waals surface area contributed by atoms with E-state index in [0.717, 1.165) is 17.7 Å². The summed E-state index contributed by atoms with van der Waals surface area (Å²) in [6, 6.07) is 14.3. The molecule has 1 atom stereocenters. The Kier molecular flexibility index (Phi) is 4.50. The molecule has 0 spiro atoms. The number of H-pyrrole nitrogens is 1. The van der Waals surface area contributed by atoms with Crippen LogP contribution in [0, 0.1) is 0 Å². The molecule has 0 bridgehead atoms. The number of rotatable bonds is 4. The molecule has 27 heavy (non-hydrogen) atoms. The lowest BCUT2D eigenvalue weighted by Crippen LogP contribution is -2.42. The second kappa shape index (κ2) is 7.11. The van der Waals surface area contributed by atoms with Crippen LogP contribution in [-0.4, -0.2) is 28.3 Å². The van der Waals surface area contributed by atoms with Crippen molar-refractivity contribution in [3.63, 3.8) is 0 Å². The van der Waals surface area contributed by atoms with Crippen LogP contribution in [0.1, 0.15) is 12.0 Å². The second-order valence-corrected chi connectivity index (χ2v) is 6.49. The minimum atomic E-state index is -0.549. The Morgan fingerprint density at radius 2 is 1.85 bits per heavy atom. The van der Waals surface area contributed by atoms with E-state index in [1.54, 1.807) is 24.3 Å². The van der Waals surface area contributed by atoms with Gasteiger partial charge in [0.1, 0.15) is 5.75 Å². The maximum absolute atomic E-state index is 12.5. The number of nitrogens with one attached hydrogen (secondary N) is 2. The first kappa shape index (κ1) is 17.1. The van der Waals surface area contributed by atoms with Crippen LogP contribution >= 0.6 is 0 Å². The van der Waals surface area contributed by atoms with Gasteiger partial charge in [-0.05, 0) is 36.6 Å². The number of fused-ring (bicyclic) bond motifs is 2. The SMILES string of the molecule is O=C(NCCn1[nH]c(=O)c2ccccc2c1=O)[C@@H]1CCc2ccccc2O1. The molecule has 4 rings (SSSR count). The molecule has 0 fully saturated rings. The van der Waals surface area contributed by atoms with Gasteiger partial charge in [-0.3, -0.25) is 19.5 Å². The van der Waals surface area contributed by atoms with Gasteiger partial charge in [0.2, 0.25) is 0 Å². The van der Waals surface area contributed by atoms with E-state index >= 15 is 0 Å². The van der Waals surface area contributed by atoms with Crippen LogP contribution in [0.3, 0.4) is 0 Å². The van der Waals surface area contributed by atoms with E-state index in [9.17, 15) is 14.4 Å². The number of nitrogens with zero attached hydrogens (tertiary/aromatic N) is 1. The molecule has 7 nitrogen and oxygen atoms in total. The van der Waals surface area contributed by atoms with Gasteiger partial charge in [0.15, 0.2) is 6.10 Å². The lowest BCUT2D eigenvalue weighted by molar-refractivity contribution is -0.128. The van der Waals surface area contributed by atoms with Gasteiger partial charge in [0.25, 0.3) is 17.0 Å². The number of para-hydroxylation sites is 1. The molecule has 1 aromatic heterocycles. The standard InChI is InChI=1S/C20H19N3O4/c24-18-14-6-2-3-7-15(14)20(26)23(22-18)12-11-21-19(25)17-10-9-13-5-1-4-8-16(13)27-17/h1-8,17H,9-12H2,(H,21,25)(H,22,24)/t17-/m0/s1. The number of aromatic amines is 1. The Balaban J connectivity index is 1.41. The van der Waals surface area contributed by atoms with Gasteiger partial charge in [-0.1, -0.05) is 30.3 Å². The van der Waals surface area contributed by atoms with Gasteiger partial charge in [-0.2, -0.15) is 0 Å². The monoisotopic (exact) mass is 365 g/mol. The summed E-state index contributed by atoms with van der Waals surface area (Å²) in [6.45, 7) is 0.391. The Hall–Kier alpha value is -3.35. The fourth-order valence-electron chi connectivity index (χ4n) is 3.32. The maximum Gasteiger partial charge on any atom is 0.273 e. The van der Waals surface area contributed by atoms with Crippen molar-refractivity contribution in [1.29, 1.82) is 0 Å². The van der Waals surface area contributed by atoms with Gasteiger partial charge in [-0.15, -0.1) is 0 Å². The van der Waals surface area contributed by atoms with E-state index in [1.807, 2.05) is 24.3 Å². The van der Waals surface area contributed by atoms with Crippen molar-refractivity contribution >= 4 is 16.7 Å². The molecule has 1 aliphatic heterocycles. The number of aryl methyl sites for hydroxylation is 1. The number of amides is 1. The Bertz CT molecular complexity index is 1120. The normalized spacial score (nSPS) is 15.8. The summed E-state index contributed by atoms with van der Waals surface area (Å²) in [7, 11) is 0. The molecule has 1 aliphatic rings. The number of hydrogen-bond acceptors (Lipinski definition) is 4. The largest absolute Gasteiger partial charge is 0.480 e. The number of carbonyl (C=O) groups is 1. The molecule has 138 valence electrons. The first-order valence-electron chi connectivity index (χ1n) is 8.87. The van der Waals surface area contributed by atoms with Crippen LogP contribution in [0.2, 0.25) is 0 Å². The Morgan fingerprint density at radius 1 is 1.11 bits per heavy atom. The highest BCUT2D eigenvalue weighted by molar-refractivity contribution is 5.81. The molecule has 0 radical (unpaired) electrons. The number of benzene rings is 2. The highest BCUT2D eigenvalue weighted by atomic mass is 16.5. The molecule has 2 N–H and O–H groups in total. The third kappa shape index (κ3) is 3.36. The summed E-state index contributed by atoms with van der Waals surface area (Å²) in [5.74, 6) is 0.514. The summed E-state index contributed by atoms with van der Waals surface area (Å²) >= 11 is 0. The lowest BCUT2D eigenvalue weighted by atomic mass is 10.0. The van der Waals surface area contributed by atoms with Crippen molar-refractivity contribution < 1.29 is 9.53 Å². The zero-order chi connectivity index (χ0) is 18.8. The summed E-state index contributed by atoms with van der Waals surface area (Å²) in [5, 5.41) is 6.05. The average Bonchev–Trinajstić information content (AvgIpc) is 2.71. The number of carbonyl (C=O) groups excluding carboxylic acids is 1.